The van der Waals surface area contributed by atoms with Gasteiger partial charge in [-0.15, -0.1) is 0 Å². The molecule has 0 aliphatic heterocycles. The van der Waals surface area contributed by atoms with Crippen molar-refractivity contribution in [2.24, 2.45) is 5.92 Å². The topological polar surface area (TPSA) is 74.6 Å². The van der Waals surface area contributed by atoms with Crippen LogP contribution in [0.15, 0.2) is 23.3 Å². The van der Waals surface area contributed by atoms with E-state index in [1.54, 1.807) is 0 Å². The van der Waals surface area contributed by atoms with Gasteiger partial charge < -0.3 is 10.2 Å². The Bertz CT molecular complexity index is 269. The Labute approximate surface area is 82.6 Å². The molecule has 0 heterocycles. The highest BCUT2D eigenvalue weighted by molar-refractivity contribution is 5.87. The van der Waals surface area contributed by atoms with E-state index in [2.05, 4.69) is 6.92 Å². The molecule has 4 nitrogen and oxygen atoms in total. The van der Waals surface area contributed by atoms with Gasteiger partial charge in [-0.25, -0.2) is 9.59 Å². The highest BCUT2D eigenvalue weighted by Gasteiger charge is 2.05. The number of allylic oxidation sites excluding steroid dienone is 2. The summed E-state index contributed by atoms with van der Waals surface area (Å²) in [6, 6.07) is 0. The molecule has 0 aromatic heterocycles. The van der Waals surface area contributed by atoms with Gasteiger partial charge in [-0.2, -0.15) is 0 Å². The minimum atomic E-state index is -1.03. The van der Waals surface area contributed by atoms with Crippen LogP contribution in [0.2, 0.25) is 0 Å². The summed E-state index contributed by atoms with van der Waals surface area (Å²) in [5, 5.41) is 17.1. The molecule has 14 heavy (non-hydrogen) atoms. The first-order chi connectivity index (χ1) is 6.34. The summed E-state index contributed by atoms with van der Waals surface area (Å²) in [6.45, 7) is 6.47. The monoisotopic (exact) mass is 197 g/mol. The Hall–Kier alpha value is -1.58. The maximum atomic E-state index is 10.4. The fraction of sp³-hybridized carbons (Fsp3) is 0.300. The highest BCUT2D eigenvalue weighted by Crippen LogP contribution is 2.07. The van der Waals surface area contributed by atoms with Crippen LogP contribution >= 0.6 is 0 Å². The zero-order chi connectivity index (χ0) is 11.3. The van der Waals surface area contributed by atoms with Crippen LogP contribution in [-0.4, -0.2) is 22.2 Å². The van der Waals surface area contributed by atoms with Crippen molar-refractivity contribution in [3.8, 4) is 0 Å². The third kappa shape index (κ3) is 4.45. The molecule has 77 valence electrons. The first-order valence-corrected chi connectivity index (χ1v) is 4.01. The smallest absolute Gasteiger partial charge is 0.330 e. The Kier molecular flexibility index (Phi) is 4.63. The van der Waals surface area contributed by atoms with Gasteiger partial charge in [-0.05, 0) is 26.7 Å². The molecule has 1 radical (unpaired) electrons. The molecule has 0 saturated heterocycles. The van der Waals surface area contributed by atoms with Gasteiger partial charge in [0.2, 0.25) is 0 Å². The van der Waals surface area contributed by atoms with E-state index in [0.717, 1.165) is 0 Å². The van der Waals surface area contributed by atoms with E-state index in [4.69, 9.17) is 10.2 Å². The lowest BCUT2D eigenvalue weighted by Gasteiger charge is -2.01. The van der Waals surface area contributed by atoms with Gasteiger partial charge in [-0.3, -0.25) is 0 Å². The molecule has 0 amide bonds. The number of hydrogen-bond acceptors (Lipinski definition) is 2. The quantitative estimate of drug-likeness (QED) is 0.670. The number of carbonyl (C=O) groups is 2. The van der Waals surface area contributed by atoms with Gasteiger partial charge in [0.25, 0.3) is 0 Å². The Morgan fingerprint density at radius 2 is 1.36 bits per heavy atom. The van der Waals surface area contributed by atoms with Crippen molar-refractivity contribution in [3.63, 3.8) is 0 Å². The van der Waals surface area contributed by atoms with Gasteiger partial charge in [0, 0.05) is 11.1 Å². The first-order valence-electron chi connectivity index (χ1n) is 4.01. The van der Waals surface area contributed by atoms with E-state index in [9.17, 15) is 9.59 Å². The van der Waals surface area contributed by atoms with Crippen LogP contribution in [0.5, 0.6) is 0 Å². The van der Waals surface area contributed by atoms with E-state index < -0.39 is 17.9 Å². The van der Waals surface area contributed by atoms with E-state index in [1.807, 2.05) is 0 Å². The van der Waals surface area contributed by atoms with E-state index >= 15 is 0 Å². The lowest BCUT2D eigenvalue weighted by atomic mass is 10.1. The Balaban J connectivity index is 4.59. The van der Waals surface area contributed by atoms with Crippen molar-refractivity contribution < 1.29 is 19.8 Å². The highest BCUT2D eigenvalue weighted by atomic mass is 16.4. The van der Waals surface area contributed by atoms with Crippen LogP contribution in [0.25, 0.3) is 0 Å². The summed E-state index contributed by atoms with van der Waals surface area (Å²) in [4.78, 5) is 20.8. The largest absolute Gasteiger partial charge is 0.478 e. The molecule has 0 rings (SSSR count). The minimum absolute atomic E-state index is 0.152. The molecular weight excluding hydrogens is 184 g/mol. The van der Waals surface area contributed by atoms with Gasteiger partial charge in [0.15, 0.2) is 0 Å². The number of rotatable bonds is 4. The third-order valence-corrected chi connectivity index (χ3v) is 1.60. The average Bonchev–Trinajstić information content (AvgIpc) is 2.03. The van der Waals surface area contributed by atoms with Crippen LogP contribution < -0.4 is 0 Å². The predicted octanol–water partition coefficient (Wildman–Crippen LogP) is 1.50. The molecule has 0 aromatic carbocycles. The minimum Gasteiger partial charge on any atom is -0.478 e. The second kappa shape index (κ2) is 5.21. The maximum Gasteiger partial charge on any atom is 0.330 e. The lowest BCUT2D eigenvalue weighted by Crippen LogP contribution is -2.01. The van der Waals surface area contributed by atoms with Gasteiger partial charge in [0.05, 0.1) is 0 Å². The van der Waals surface area contributed by atoms with Crippen LogP contribution in [0, 0.1) is 12.8 Å². The molecule has 2 N–H and O–H groups in total. The zero-order valence-electron chi connectivity index (χ0n) is 8.15. The van der Waals surface area contributed by atoms with Crippen molar-refractivity contribution >= 4 is 11.9 Å². The van der Waals surface area contributed by atoms with Gasteiger partial charge in [-0.1, -0.05) is 12.2 Å². The van der Waals surface area contributed by atoms with Crippen LogP contribution in [-0.2, 0) is 9.59 Å². The molecule has 0 aliphatic carbocycles. The molecule has 0 bridgehead atoms. The Morgan fingerprint density at radius 1 is 1.07 bits per heavy atom. The second-order valence-corrected chi connectivity index (χ2v) is 2.97. The molecule has 0 unspecified atom stereocenters. The molecule has 0 spiro atoms. The normalized spacial score (nSPS) is 15.1. The summed E-state index contributed by atoms with van der Waals surface area (Å²) in [5.74, 6) is -2.50. The molecule has 0 fully saturated rings. The van der Waals surface area contributed by atoms with E-state index in [1.165, 1.54) is 26.0 Å². The van der Waals surface area contributed by atoms with Crippen molar-refractivity contribution in [1.29, 1.82) is 0 Å². The third-order valence-electron chi connectivity index (χ3n) is 1.60. The molecule has 0 aliphatic rings. The fourth-order valence-corrected chi connectivity index (χ4v) is 0.833. The summed E-state index contributed by atoms with van der Waals surface area (Å²) in [5.41, 5.74) is 0.305. The zero-order valence-corrected chi connectivity index (χ0v) is 8.15. The summed E-state index contributed by atoms with van der Waals surface area (Å²) >= 11 is 0. The van der Waals surface area contributed by atoms with Crippen molar-refractivity contribution in [3.05, 3.63) is 30.2 Å². The number of carboxylic acid groups (broad SMARTS) is 2. The molecule has 0 aromatic rings. The number of hydrogen-bond donors (Lipinski definition) is 2. The summed E-state index contributed by atoms with van der Waals surface area (Å²) < 4.78 is 0. The molecule has 0 atom stereocenters. The molecular formula is C10H13O4. The number of aliphatic carboxylic acids is 2. The Morgan fingerprint density at radius 3 is 1.57 bits per heavy atom. The maximum absolute atomic E-state index is 10.4. The van der Waals surface area contributed by atoms with Crippen LogP contribution in [0.1, 0.15) is 13.8 Å². The van der Waals surface area contributed by atoms with Crippen molar-refractivity contribution in [1.82, 2.24) is 0 Å². The lowest BCUT2D eigenvalue weighted by molar-refractivity contribution is -0.133. The SMILES string of the molecule is [CH2]C(C=C(C)C(=O)O)C=C(C)C(=O)O. The predicted molar refractivity (Wildman–Crippen MR) is 51.6 cm³/mol. The van der Waals surface area contributed by atoms with Gasteiger partial charge in [0.1, 0.15) is 0 Å². The average molecular weight is 197 g/mol. The fourth-order valence-electron chi connectivity index (χ4n) is 0.833. The molecule has 0 saturated carbocycles. The summed E-state index contributed by atoms with van der Waals surface area (Å²) in [7, 11) is 0. The number of carboxylic acids is 2. The van der Waals surface area contributed by atoms with Crippen LogP contribution in [0.3, 0.4) is 0 Å². The van der Waals surface area contributed by atoms with E-state index in [-0.39, 0.29) is 11.1 Å². The second-order valence-electron chi connectivity index (χ2n) is 2.97. The van der Waals surface area contributed by atoms with Crippen molar-refractivity contribution in [2.45, 2.75) is 13.8 Å². The summed E-state index contributed by atoms with van der Waals surface area (Å²) in [6.07, 6.45) is 2.80. The van der Waals surface area contributed by atoms with E-state index in [0.29, 0.717) is 0 Å². The first kappa shape index (κ1) is 12.4. The standard InChI is InChI=1S/C10H13O4/c1-6(4-7(2)9(11)12)5-8(3)10(13)14/h4-6H,1H2,2-3H3,(H,11,12)(H,13,14). The van der Waals surface area contributed by atoms with Gasteiger partial charge >= 0.3 is 11.9 Å². The van der Waals surface area contributed by atoms with Crippen molar-refractivity contribution in [2.75, 3.05) is 0 Å². The molecule has 4 heteroatoms. The van der Waals surface area contributed by atoms with Crippen LogP contribution in [0.4, 0.5) is 0 Å².